The minimum atomic E-state index is 1.06. The number of aromatic amines is 1. The molecule has 2 N–H and O–H groups in total. The van der Waals surface area contributed by atoms with Crippen LogP contribution >= 0.6 is 11.8 Å². The zero-order valence-electron chi connectivity index (χ0n) is 14.2. The fraction of sp³-hybridized carbons (Fsp3) is 0.300. The minimum absolute atomic E-state index is 1.06. The van der Waals surface area contributed by atoms with E-state index in [2.05, 4.69) is 71.6 Å². The van der Waals surface area contributed by atoms with Crippen molar-refractivity contribution in [1.29, 1.82) is 0 Å². The van der Waals surface area contributed by atoms with Gasteiger partial charge in [-0.25, -0.2) is 0 Å². The van der Waals surface area contributed by atoms with Crippen LogP contribution in [0.25, 0.3) is 10.9 Å². The summed E-state index contributed by atoms with van der Waals surface area (Å²) in [5, 5.41) is 4.75. The van der Waals surface area contributed by atoms with Gasteiger partial charge in [0.05, 0.1) is 5.69 Å². The van der Waals surface area contributed by atoms with E-state index in [0.717, 1.165) is 26.2 Å². The molecule has 3 aromatic rings. The van der Waals surface area contributed by atoms with Crippen LogP contribution in [0.5, 0.6) is 0 Å². The van der Waals surface area contributed by atoms with Gasteiger partial charge in [-0.3, -0.25) is 0 Å². The molecule has 1 fully saturated rings. The van der Waals surface area contributed by atoms with Crippen molar-refractivity contribution in [3.63, 3.8) is 0 Å². The van der Waals surface area contributed by atoms with E-state index >= 15 is 0 Å². The second-order valence-corrected chi connectivity index (χ2v) is 7.60. The third kappa shape index (κ3) is 3.04. The SMILES string of the molecule is Cc1ccc(Sc2c[nH]c3ccc(C)cc23)c(N2CCNCC2)c1. The van der Waals surface area contributed by atoms with E-state index in [9.17, 15) is 0 Å². The van der Waals surface area contributed by atoms with Crippen molar-refractivity contribution in [2.45, 2.75) is 23.6 Å². The van der Waals surface area contributed by atoms with Gasteiger partial charge in [0.25, 0.3) is 0 Å². The van der Waals surface area contributed by atoms with E-state index < -0.39 is 0 Å². The maximum Gasteiger partial charge on any atom is 0.0511 e. The fourth-order valence-electron chi connectivity index (χ4n) is 3.28. The molecule has 0 saturated carbocycles. The van der Waals surface area contributed by atoms with Crippen LogP contribution in [0, 0.1) is 13.8 Å². The molecule has 3 nitrogen and oxygen atoms in total. The highest BCUT2D eigenvalue weighted by molar-refractivity contribution is 7.99. The van der Waals surface area contributed by atoms with Crippen LogP contribution in [0.1, 0.15) is 11.1 Å². The van der Waals surface area contributed by atoms with E-state index in [1.165, 1.54) is 37.5 Å². The summed E-state index contributed by atoms with van der Waals surface area (Å²) < 4.78 is 0. The molecule has 4 rings (SSSR count). The second kappa shape index (κ2) is 6.54. The molecular formula is C20H23N3S. The average molecular weight is 337 g/mol. The van der Waals surface area contributed by atoms with E-state index in [1.54, 1.807) is 0 Å². The van der Waals surface area contributed by atoms with E-state index in [0.29, 0.717) is 0 Å². The summed E-state index contributed by atoms with van der Waals surface area (Å²) in [5.41, 5.74) is 5.19. The van der Waals surface area contributed by atoms with Crippen molar-refractivity contribution in [2.24, 2.45) is 0 Å². The first kappa shape index (κ1) is 15.6. The maximum atomic E-state index is 3.44. The number of anilines is 1. The molecule has 2 aromatic carbocycles. The summed E-state index contributed by atoms with van der Waals surface area (Å²) in [6.07, 6.45) is 2.14. The quantitative estimate of drug-likeness (QED) is 0.745. The van der Waals surface area contributed by atoms with Crippen LogP contribution in [-0.4, -0.2) is 31.2 Å². The van der Waals surface area contributed by atoms with Crippen molar-refractivity contribution in [3.8, 4) is 0 Å². The van der Waals surface area contributed by atoms with Crippen molar-refractivity contribution in [3.05, 3.63) is 53.7 Å². The molecule has 0 amide bonds. The van der Waals surface area contributed by atoms with Gasteiger partial charge >= 0.3 is 0 Å². The van der Waals surface area contributed by atoms with Gasteiger partial charge in [0.15, 0.2) is 0 Å². The molecule has 2 heterocycles. The van der Waals surface area contributed by atoms with E-state index in [4.69, 9.17) is 0 Å². The number of benzene rings is 2. The van der Waals surface area contributed by atoms with Crippen LogP contribution in [-0.2, 0) is 0 Å². The monoisotopic (exact) mass is 337 g/mol. The van der Waals surface area contributed by atoms with Crippen LogP contribution in [0.4, 0.5) is 5.69 Å². The summed E-state index contributed by atoms with van der Waals surface area (Å²) in [5.74, 6) is 0. The van der Waals surface area contributed by atoms with Gasteiger partial charge in [-0.1, -0.05) is 29.5 Å². The van der Waals surface area contributed by atoms with Gasteiger partial charge in [-0.2, -0.15) is 0 Å². The zero-order valence-corrected chi connectivity index (χ0v) is 15.0. The van der Waals surface area contributed by atoms with Crippen molar-refractivity contribution in [1.82, 2.24) is 10.3 Å². The number of nitrogens with one attached hydrogen (secondary N) is 2. The maximum absolute atomic E-state index is 3.44. The smallest absolute Gasteiger partial charge is 0.0511 e. The van der Waals surface area contributed by atoms with Crippen molar-refractivity contribution in [2.75, 3.05) is 31.1 Å². The summed E-state index contributed by atoms with van der Waals surface area (Å²) in [7, 11) is 0. The number of aromatic nitrogens is 1. The molecule has 0 spiro atoms. The van der Waals surface area contributed by atoms with Gasteiger partial charge in [0, 0.05) is 53.1 Å². The van der Waals surface area contributed by atoms with Gasteiger partial charge in [-0.15, -0.1) is 0 Å². The van der Waals surface area contributed by atoms with Crippen molar-refractivity contribution >= 4 is 28.4 Å². The predicted octanol–water partition coefficient (Wildman–Crippen LogP) is 4.35. The lowest BCUT2D eigenvalue weighted by atomic mass is 10.2. The Kier molecular flexibility index (Phi) is 4.25. The molecular weight excluding hydrogens is 314 g/mol. The molecule has 0 unspecified atom stereocenters. The standard InChI is InChI=1S/C20H23N3S/c1-14-3-5-17-16(11-14)20(13-22-17)24-19-6-4-15(2)12-18(19)23-9-7-21-8-10-23/h3-6,11-13,21-22H,7-10H2,1-2H3. The van der Waals surface area contributed by atoms with Gasteiger partial charge in [0.1, 0.15) is 0 Å². The number of nitrogens with zero attached hydrogens (tertiary/aromatic N) is 1. The highest BCUT2D eigenvalue weighted by atomic mass is 32.2. The van der Waals surface area contributed by atoms with Crippen LogP contribution in [0.3, 0.4) is 0 Å². The molecule has 24 heavy (non-hydrogen) atoms. The highest BCUT2D eigenvalue weighted by Gasteiger charge is 2.16. The lowest BCUT2D eigenvalue weighted by molar-refractivity contribution is 0.587. The molecule has 124 valence electrons. The number of H-pyrrole nitrogens is 1. The first-order chi connectivity index (χ1) is 11.7. The first-order valence-electron chi connectivity index (χ1n) is 8.52. The van der Waals surface area contributed by atoms with Crippen LogP contribution < -0.4 is 10.2 Å². The Morgan fingerprint density at radius 2 is 1.67 bits per heavy atom. The highest BCUT2D eigenvalue weighted by Crippen LogP contribution is 2.39. The molecule has 0 atom stereocenters. The lowest BCUT2D eigenvalue weighted by Crippen LogP contribution is -2.43. The molecule has 1 aromatic heterocycles. The Hall–Kier alpha value is -1.91. The van der Waals surface area contributed by atoms with Crippen LogP contribution in [0.2, 0.25) is 0 Å². The fourth-order valence-corrected chi connectivity index (χ4v) is 4.34. The summed E-state index contributed by atoms with van der Waals surface area (Å²) in [6, 6.07) is 13.4. The number of fused-ring (bicyclic) bond motifs is 1. The molecule has 1 saturated heterocycles. The summed E-state index contributed by atoms with van der Waals surface area (Å²) in [4.78, 5) is 8.55. The Labute approximate surface area is 147 Å². The predicted molar refractivity (Wildman–Crippen MR) is 103 cm³/mol. The van der Waals surface area contributed by atoms with E-state index in [1.807, 2.05) is 11.8 Å². The lowest BCUT2D eigenvalue weighted by Gasteiger charge is -2.31. The largest absolute Gasteiger partial charge is 0.368 e. The third-order valence-electron chi connectivity index (χ3n) is 4.59. The normalized spacial score (nSPS) is 15.2. The average Bonchev–Trinajstić information content (AvgIpc) is 2.99. The number of hydrogen-bond acceptors (Lipinski definition) is 3. The van der Waals surface area contributed by atoms with Gasteiger partial charge < -0.3 is 15.2 Å². The molecule has 0 radical (unpaired) electrons. The van der Waals surface area contributed by atoms with Crippen molar-refractivity contribution < 1.29 is 0 Å². The third-order valence-corrected chi connectivity index (χ3v) is 5.71. The van der Waals surface area contributed by atoms with Gasteiger partial charge in [-0.05, 0) is 43.7 Å². The Morgan fingerprint density at radius 1 is 0.917 bits per heavy atom. The summed E-state index contributed by atoms with van der Waals surface area (Å²) >= 11 is 1.87. The molecule has 0 bridgehead atoms. The molecule has 1 aliphatic rings. The molecule has 0 aliphatic carbocycles. The summed E-state index contributed by atoms with van der Waals surface area (Å²) in [6.45, 7) is 8.59. The van der Waals surface area contributed by atoms with E-state index in [-0.39, 0.29) is 0 Å². The minimum Gasteiger partial charge on any atom is -0.368 e. The van der Waals surface area contributed by atoms with Gasteiger partial charge in [0.2, 0.25) is 0 Å². The number of aryl methyl sites for hydroxylation is 2. The first-order valence-corrected chi connectivity index (χ1v) is 9.34. The Balaban J connectivity index is 1.72. The molecule has 1 aliphatic heterocycles. The number of rotatable bonds is 3. The Bertz CT molecular complexity index is 862. The topological polar surface area (TPSA) is 31.1 Å². The number of piperazine rings is 1. The second-order valence-electron chi connectivity index (χ2n) is 6.51. The van der Waals surface area contributed by atoms with Crippen LogP contribution in [0.15, 0.2) is 52.4 Å². The zero-order chi connectivity index (χ0) is 16.5. The Morgan fingerprint density at radius 3 is 2.50 bits per heavy atom. The number of hydrogen-bond donors (Lipinski definition) is 2. The molecule has 4 heteroatoms.